The van der Waals surface area contributed by atoms with Gasteiger partial charge in [0.05, 0.1) is 0 Å². The summed E-state index contributed by atoms with van der Waals surface area (Å²) in [5, 5.41) is 4.66. The molecule has 0 aliphatic carbocycles. The molecule has 0 fully saturated rings. The first-order valence-electron chi connectivity index (χ1n) is 6.98. The molecule has 23 heavy (non-hydrogen) atoms. The molecule has 7 heteroatoms. The predicted molar refractivity (Wildman–Crippen MR) is 95.3 cm³/mol. The Morgan fingerprint density at radius 2 is 1.87 bits per heavy atom. The second-order valence-corrected chi connectivity index (χ2v) is 9.24. The van der Waals surface area contributed by atoms with E-state index in [9.17, 15) is 8.42 Å². The molecule has 2 aromatic heterocycles. The van der Waals surface area contributed by atoms with Gasteiger partial charge in [-0.05, 0) is 18.6 Å². The molecule has 0 aliphatic rings. The summed E-state index contributed by atoms with van der Waals surface area (Å²) in [6.07, 6.45) is 0. The normalized spacial score (nSPS) is 12.0. The quantitative estimate of drug-likeness (QED) is 0.687. The van der Waals surface area contributed by atoms with E-state index in [0.717, 1.165) is 21.8 Å². The number of thiophene rings is 1. The minimum atomic E-state index is -3.49. The van der Waals surface area contributed by atoms with Gasteiger partial charge in [-0.3, -0.25) is 0 Å². The van der Waals surface area contributed by atoms with Gasteiger partial charge in [0.25, 0.3) is 10.0 Å². The van der Waals surface area contributed by atoms with E-state index in [4.69, 9.17) is 0 Å². The van der Waals surface area contributed by atoms with E-state index in [1.165, 1.54) is 27.0 Å². The Morgan fingerprint density at radius 1 is 1.13 bits per heavy atom. The van der Waals surface area contributed by atoms with Crippen LogP contribution in [0, 0.1) is 6.92 Å². The van der Waals surface area contributed by atoms with Gasteiger partial charge in [0, 0.05) is 35.6 Å². The fourth-order valence-corrected chi connectivity index (χ4v) is 5.52. The summed E-state index contributed by atoms with van der Waals surface area (Å²) in [4.78, 5) is 4.41. The SMILES string of the molecule is Cc1csc(-c2csc(S(=O)(=O)N(C)Cc3ccccc3)c2)n1. The lowest BCUT2D eigenvalue weighted by Gasteiger charge is -2.15. The maximum atomic E-state index is 12.7. The highest BCUT2D eigenvalue weighted by molar-refractivity contribution is 7.91. The molecule has 3 aromatic rings. The molecule has 4 nitrogen and oxygen atoms in total. The van der Waals surface area contributed by atoms with E-state index >= 15 is 0 Å². The molecule has 0 amide bonds. The molecule has 1 aromatic carbocycles. The van der Waals surface area contributed by atoms with E-state index in [0.29, 0.717) is 10.8 Å². The average Bonchev–Trinajstić information content (AvgIpc) is 3.17. The van der Waals surface area contributed by atoms with Gasteiger partial charge in [0.15, 0.2) is 0 Å². The maximum Gasteiger partial charge on any atom is 0.252 e. The minimum absolute atomic E-state index is 0.346. The largest absolute Gasteiger partial charge is 0.252 e. The van der Waals surface area contributed by atoms with Gasteiger partial charge in [-0.25, -0.2) is 13.4 Å². The van der Waals surface area contributed by atoms with Crippen LogP contribution < -0.4 is 0 Å². The third-order valence-electron chi connectivity index (χ3n) is 3.35. The molecular formula is C16H16N2O2S3. The van der Waals surface area contributed by atoms with Crippen molar-refractivity contribution in [2.24, 2.45) is 0 Å². The van der Waals surface area contributed by atoms with Crippen LogP contribution in [-0.2, 0) is 16.6 Å². The van der Waals surface area contributed by atoms with Crippen molar-refractivity contribution < 1.29 is 8.42 Å². The van der Waals surface area contributed by atoms with Crippen molar-refractivity contribution in [1.29, 1.82) is 0 Å². The molecule has 3 rings (SSSR count). The van der Waals surface area contributed by atoms with Gasteiger partial charge in [0.2, 0.25) is 0 Å². The fraction of sp³-hybridized carbons (Fsp3) is 0.188. The van der Waals surface area contributed by atoms with Crippen LogP contribution in [0.5, 0.6) is 0 Å². The van der Waals surface area contributed by atoms with Gasteiger partial charge in [-0.1, -0.05) is 30.3 Å². The van der Waals surface area contributed by atoms with E-state index < -0.39 is 10.0 Å². The monoisotopic (exact) mass is 364 g/mol. The van der Waals surface area contributed by atoms with Crippen LogP contribution in [0.3, 0.4) is 0 Å². The molecule has 0 saturated carbocycles. The van der Waals surface area contributed by atoms with Crippen molar-refractivity contribution in [3.63, 3.8) is 0 Å². The Balaban J connectivity index is 1.83. The molecule has 0 bridgehead atoms. The van der Waals surface area contributed by atoms with Crippen molar-refractivity contribution in [2.45, 2.75) is 17.7 Å². The van der Waals surface area contributed by atoms with Crippen LogP contribution in [0.25, 0.3) is 10.6 Å². The Bertz CT molecular complexity index is 898. The third-order valence-corrected chi connectivity index (χ3v) is 7.58. The van der Waals surface area contributed by atoms with Crippen molar-refractivity contribution in [1.82, 2.24) is 9.29 Å². The van der Waals surface area contributed by atoms with Gasteiger partial charge >= 0.3 is 0 Å². The second-order valence-electron chi connectivity index (χ2n) is 5.20. The molecule has 0 saturated heterocycles. The van der Waals surface area contributed by atoms with Crippen LogP contribution in [0.15, 0.2) is 51.4 Å². The molecule has 120 valence electrons. The van der Waals surface area contributed by atoms with Crippen molar-refractivity contribution in [3.05, 3.63) is 58.4 Å². The van der Waals surface area contributed by atoms with E-state index in [-0.39, 0.29) is 0 Å². The zero-order valence-electron chi connectivity index (χ0n) is 12.8. The lowest BCUT2D eigenvalue weighted by molar-refractivity contribution is 0.468. The summed E-state index contributed by atoms with van der Waals surface area (Å²) in [6.45, 7) is 2.28. The van der Waals surface area contributed by atoms with E-state index in [1.54, 1.807) is 13.1 Å². The molecule has 0 unspecified atom stereocenters. The van der Waals surface area contributed by atoms with Gasteiger partial charge in [0.1, 0.15) is 9.22 Å². The highest BCUT2D eigenvalue weighted by Crippen LogP contribution is 2.32. The molecule has 0 aliphatic heterocycles. The summed E-state index contributed by atoms with van der Waals surface area (Å²) in [7, 11) is -1.88. The van der Waals surface area contributed by atoms with Crippen molar-refractivity contribution >= 4 is 32.7 Å². The van der Waals surface area contributed by atoms with Gasteiger partial charge in [-0.2, -0.15) is 4.31 Å². The van der Waals surface area contributed by atoms with E-state index in [2.05, 4.69) is 4.98 Å². The van der Waals surface area contributed by atoms with Crippen molar-refractivity contribution in [2.75, 3.05) is 7.05 Å². The first kappa shape index (κ1) is 16.3. The number of thiazole rings is 1. The fourth-order valence-electron chi connectivity index (χ4n) is 2.13. The Morgan fingerprint density at radius 3 is 2.52 bits per heavy atom. The zero-order chi connectivity index (χ0) is 16.4. The first-order chi connectivity index (χ1) is 11.0. The van der Waals surface area contributed by atoms with Crippen LogP contribution in [0.4, 0.5) is 0 Å². The lowest BCUT2D eigenvalue weighted by Crippen LogP contribution is -2.25. The second kappa shape index (κ2) is 6.52. The number of hydrogen-bond acceptors (Lipinski definition) is 5. The highest BCUT2D eigenvalue weighted by atomic mass is 32.2. The molecule has 0 N–H and O–H groups in total. The Hall–Kier alpha value is -1.54. The van der Waals surface area contributed by atoms with Crippen LogP contribution in [0.1, 0.15) is 11.3 Å². The number of rotatable bonds is 5. The van der Waals surface area contributed by atoms with Crippen LogP contribution in [-0.4, -0.2) is 24.8 Å². The number of aromatic nitrogens is 1. The van der Waals surface area contributed by atoms with Crippen LogP contribution in [0.2, 0.25) is 0 Å². The Kier molecular flexibility index (Phi) is 4.63. The number of hydrogen-bond donors (Lipinski definition) is 0. The first-order valence-corrected chi connectivity index (χ1v) is 10.2. The molecule has 0 radical (unpaired) electrons. The summed E-state index contributed by atoms with van der Waals surface area (Å²) in [5.74, 6) is 0. The average molecular weight is 365 g/mol. The minimum Gasteiger partial charge on any atom is -0.241 e. The van der Waals surface area contributed by atoms with Crippen LogP contribution >= 0.6 is 22.7 Å². The summed E-state index contributed by atoms with van der Waals surface area (Å²) in [5.41, 5.74) is 2.77. The number of aryl methyl sites for hydroxylation is 1. The number of nitrogens with zero attached hydrogens (tertiary/aromatic N) is 2. The maximum absolute atomic E-state index is 12.7. The molecule has 0 atom stereocenters. The third kappa shape index (κ3) is 3.53. The highest BCUT2D eigenvalue weighted by Gasteiger charge is 2.23. The standard InChI is InChI=1S/C16H16N2O2S3/c1-12-10-22-16(17-12)14-8-15(21-11-14)23(19,20)18(2)9-13-6-4-3-5-7-13/h3-8,10-11H,9H2,1-2H3. The zero-order valence-corrected chi connectivity index (χ0v) is 15.2. The van der Waals surface area contributed by atoms with Gasteiger partial charge in [-0.15, -0.1) is 22.7 Å². The lowest BCUT2D eigenvalue weighted by atomic mass is 10.2. The topological polar surface area (TPSA) is 50.3 Å². The summed E-state index contributed by atoms with van der Waals surface area (Å²) < 4.78 is 27.1. The summed E-state index contributed by atoms with van der Waals surface area (Å²) in [6, 6.07) is 11.3. The van der Waals surface area contributed by atoms with Gasteiger partial charge < -0.3 is 0 Å². The number of sulfonamides is 1. The molecular weight excluding hydrogens is 348 g/mol. The molecule has 2 heterocycles. The van der Waals surface area contributed by atoms with Crippen molar-refractivity contribution in [3.8, 4) is 10.6 Å². The number of benzene rings is 1. The Labute approximate surface area is 144 Å². The molecule has 0 spiro atoms. The van der Waals surface area contributed by atoms with E-state index in [1.807, 2.05) is 48.0 Å². The summed E-state index contributed by atoms with van der Waals surface area (Å²) >= 11 is 2.76. The smallest absolute Gasteiger partial charge is 0.241 e. The predicted octanol–water partition coefficient (Wildman–Crippen LogP) is 4.00.